The molecule has 0 aliphatic heterocycles. The lowest BCUT2D eigenvalue weighted by Crippen LogP contribution is -2.40. The lowest BCUT2D eigenvalue weighted by molar-refractivity contribution is -0.138. The fourth-order valence-corrected chi connectivity index (χ4v) is 1.62. The summed E-state index contributed by atoms with van der Waals surface area (Å²) in [4.78, 5) is 21.9. The number of anilines is 1. The molecule has 18 heavy (non-hydrogen) atoms. The number of nitrogens with one attached hydrogen (secondary N) is 2. The van der Waals surface area contributed by atoms with Crippen LogP contribution in [0.4, 0.5) is 14.9 Å². The van der Waals surface area contributed by atoms with E-state index < -0.39 is 23.9 Å². The smallest absolute Gasteiger partial charge is 0.325 e. The number of urea groups is 1. The van der Waals surface area contributed by atoms with E-state index in [9.17, 15) is 14.0 Å². The summed E-state index contributed by atoms with van der Waals surface area (Å²) in [6.07, 6.45) is 0. The molecule has 0 aliphatic carbocycles. The highest BCUT2D eigenvalue weighted by molar-refractivity contribution is 6.39. The van der Waals surface area contributed by atoms with Crippen LogP contribution in [0.5, 0.6) is 0 Å². The molecule has 0 radical (unpaired) electrons. The molecular weight excluding hydrogens is 286 g/mol. The third kappa shape index (κ3) is 3.75. The van der Waals surface area contributed by atoms with Gasteiger partial charge in [0.1, 0.15) is 11.9 Å². The van der Waals surface area contributed by atoms with Gasteiger partial charge in [-0.15, -0.1) is 0 Å². The minimum atomic E-state index is -1.19. The van der Waals surface area contributed by atoms with E-state index >= 15 is 0 Å². The van der Waals surface area contributed by atoms with Crippen LogP contribution < -0.4 is 10.6 Å². The summed E-state index contributed by atoms with van der Waals surface area (Å²) in [6, 6.07) is 0.0659. The second kappa shape index (κ2) is 5.88. The molecule has 98 valence electrons. The van der Waals surface area contributed by atoms with Gasteiger partial charge in [-0.25, -0.2) is 9.18 Å². The van der Waals surface area contributed by atoms with E-state index in [1.165, 1.54) is 6.92 Å². The van der Waals surface area contributed by atoms with Crippen LogP contribution in [-0.2, 0) is 4.79 Å². The van der Waals surface area contributed by atoms with Crippen LogP contribution in [0.15, 0.2) is 12.1 Å². The van der Waals surface area contributed by atoms with Crippen molar-refractivity contribution in [2.24, 2.45) is 0 Å². The summed E-state index contributed by atoms with van der Waals surface area (Å²) in [6.45, 7) is 1.29. The van der Waals surface area contributed by atoms with Crippen LogP contribution in [0.3, 0.4) is 0 Å². The fourth-order valence-electron chi connectivity index (χ4n) is 1.07. The maximum absolute atomic E-state index is 12.9. The van der Waals surface area contributed by atoms with E-state index in [-0.39, 0.29) is 15.7 Å². The topological polar surface area (TPSA) is 78.4 Å². The number of carbonyl (C=O) groups excluding carboxylic acids is 1. The second-order valence-electron chi connectivity index (χ2n) is 3.40. The van der Waals surface area contributed by atoms with Gasteiger partial charge < -0.3 is 15.7 Å². The summed E-state index contributed by atoms with van der Waals surface area (Å²) in [5.74, 6) is -1.84. The van der Waals surface area contributed by atoms with Gasteiger partial charge in [-0.3, -0.25) is 4.79 Å². The number of carboxylic acid groups (broad SMARTS) is 1. The molecule has 3 N–H and O–H groups in total. The molecule has 0 saturated carbocycles. The lowest BCUT2D eigenvalue weighted by Gasteiger charge is -2.12. The van der Waals surface area contributed by atoms with Crippen molar-refractivity contribution in [3.05, 3.63) is 28.0 Å². The highest BCUT2D eigenvalue weighted by Crippen LogP contribution is 2.31. The van der Waals surface area contributed by atoms with E-state index in [0.29, 0.717) is 0 Å². The molecule has 0 spiro atoms. The molecular formula is C10H9Cl2FN2O3. The monoisotopic (exact) mass is 294 g/mol. The molecule has 0 aliphatic rings. The summed E-state index contributed by atoms with van der Waals surface area (Å²) >= 11 is 11.4. The van der Waals surface area contributed by atoms with Crippen LogP contribution in [0.1, 0.15) is 6.92 Å². The summed E-state index contributed by atoms with van der Waals surface area (Å²) in [5, 5.41) is 12.8. The van der Waals surface area contributed by atoms with E-state index in [2.05, 4.69) is 10.6 Å². The van der Waals surface area contributed by atoms with Gasteiger partial charge in [-0.05, 0) is 19.1 Å². The molecule has 0 aromatic heterocycles. The number of rotatable bonds is 3. The highest BCUT2D eigenvalue weighted by Gasteiger charge is 2.16. The molecule has 1 aromatic rings. The first-order valence-electron chi connectivity index (χ1n) is 4.76. The van der Waals surface area contributed by atoms with Crippen LogP contribution in [-0.4, -0.2) is 23.1 Å². The molecule has 0 bridgehead atoms. The summed E-state index contributed by atoms with van der Waals surface area (Å²) in [5.41, 5.74) is 0.00909. The molecule has 5 nitrogen and oxygen atoms in total. The highest BCUT2D eigenvalue weighted by atomic mass is 35.5. The van der Waals surface area contributed by atoms with Crippen LogP contribution in [0.25, 0.3) is 0 Å². The first kappa shape index (κ1) is 14.5. The minimum Gasteiger partial charge on any atom is -0.480 e. The van der Waals surface area contributed by atoms with Gasteiger partial charge in [0.05, 0.1) is 15.7 Å². The zero-order chi connectivity index (χ0) is 13.9. The Balaban J connectivity index is 2.80. The molecule has 0 heterocycles. The number of carboxylic acids is 1. The Morgan fingerprint density at radius 3 is 2.28 bits per heavy atom. The Kier molecular flexibility index (Phi) is 4.75. The Hall–Kier alpha value is -1.53. The number of aliphatic carboxylic acids is 1. The number of hydrogen-bond acceptors (Lipinski definition) is 2. The van der Waals surface area contributed by atoms with Crippen molar-refractivity contribution in [2.45, 2.75) is 13.0 Å². The Morgan fingerprint density at radius 2 is 1.83 bits per heavy atom. The molecule has 2 amide bonds. The van der Waals surface area contributed by atoms with Crippen molar-refractivity contribution in [2.75, 3.05) is 5.32 Å². The van der Waals surface area contributed by atoms with Gasteiger partial charge in [0, 0.05) is 0 Å². The van der Waals surface area contributed by atoms with Gasteiger partial charge in [-0.2, -0.15) is 0 Å². The molecule has 1 rings (SSSR count). The normalized spacial score (nSPS) is 11.8. The van der Waals surface area contributed by atoms with E-state index in [4.69, 9.17) is 28.3 Å². The average Bonchev–Trinajstić information content (AvgIpc) is 2.23. The van der Waals surface area contributed by atoms with Gasteiger partial charge in [0.2, 0.25) is 0 Å². The lowest BCUT2D eigenvalue weighted by atomic mass is 10.3. The quantitative estimate of drug-likeness (QED) is 0.802. The van der Waals surface area contributed by atoms with Gasteiger partial charge >= 0.3 is 12.0 Å². The maximum atomic E-state index is 12.9. The molecule has 0 unspecified atom stereocenters. The van der Waals surface area contributed by atoms with E-state index in [1.54, 1.807) is 0 Å². The van der Waals surface area contributed by atoms with Crippen molar-refractivity contribution in [3.8, 4) is 0 Å². The SMILES string of the molecule is C[C@H](NC(=O)Nc1c(Cl)cc(F)cc1Cl)C(=O)O. The molecule has 0 fully saturated rings. The van der Waals surface area contributed by atoms with E-state index in [0.717, 1.165) is 12.1 Å². The number of halogens is 3. The van der Waals surface area contributed by atoms with Gasteiger partial charge in [0.15, 0.2) is 0 Å². The largest absolute Gasteiger partial charge is 0.480 e. The first-order chi connectivity index (χ1) is 8.31. The predicted molar refractivity (Wildman–Crippen MR) is 65.7 cm³/mol. The maximum Gasteiger partial charge on any atom is 0.325 e. The zero-order valence-corrected chi connectivity index (χ0v) is 10.6. The average molecular weight is 295 g/mol. The molecule has 8 heteroatoms. The number of benzene rings is 1. The first-order valence-corrected chi connectivity index (χ1v) is 5.51. The Bertz CT molecular complexity index is 473. The van der Waals surface area contributed by atoms with Crippen molar-refractivity contribution in [1.29, 1.82) is 0 Å². The zero-order valence-electron chi connectivity index (χ0n) is 9.13. The molecule has 0 saturated heterocycles. The van der Waals surface area contributed by atoms with Gasteiger partial charge in [-0.1, -0.05) is 23.2 Å². The second-order valence-corrected chi connectivity index (χ2v) is 4.22. The third-order valence-electron chi connectivity index (χ3n) is 1.96. The van der Waals surface area contributed by atoms with E-state index in [1.807, 2.05) is 0 Å². The summed E-state index contributed by atoms with van der Waals surface area (Å²) < 4.78 is 12.9. The third-order valence-corrected chi connectivity index (χ3v) is 2.56. The van der Waals surface area contributed by atoms with Crippen molar-refractivity contribution in [1.82, 2.24) is 5.32 Å². The van der Waals surface area contributed by atoms with Crippen molar-refractivity contribution < 1.29 is 19.1 Å². The Morgan fingerprint density at radius 1 is 1.33 bits per heavy atom. The van der Waals surface area contributed by atoms with Crippen molar-refractivity contribution >= 4 is 40.9 Å². The number of hydrogen-bond donors (Lipinski definition) is 3. The van der Waals surface area contributed by atoms with Crippen LogP contribution >= 0.6 is 23.2 Å². The standard InChI is InChI=1S/C10H9Cl2FN2O3/c1-4(9(16)17)14-10(18)15-8-6(11)2-5(13)3-7(8)12/h2-4H,1H3,(H,16,17)(H2,14,15,18)/t4-/m0/s1. The molecule has 1 atom stereocenters. The van der Waals surface area contributed by atoms with Crippen molar-refractivity contribution in [3.63, 3.8) is 0 Å². The fraction of sp³-hybridized carbons (Fsp3) is 0.200. The number of amides is 2. The van der Waals surface area contributed by atoms with Crippen LogP contribution in [0, 0.1) is 5.82 Å². The van der Waals surface area contributed by atoms with Gasteiger partial charge in [0.25, 0.3) is 0 Å². The predicted octanol–water partition coefficient (Wildman–Crippen LogP) is 2.73. The summed E-state index contributed by atoms with van der Waals surface area (Å²) in [7, 11) is 0. The van der Waals surface area contributed by atoms with Crippen LogP contribution in [0.2, 0.25) is 10.0 Å². The molecule has 1 aromatic carbocycles. The minimum absolute atomic E-state index is 0.00909. The number of carbonyl (C=O) groups is 2. The Labute approximate surface area is 112 Å².